The van der Waals surface area contributed by atoms with Crippen molar-refractivity contribution in [2.45, 2.75) is 39.2 Å². The van der Waals surface area contributed by atoms with E-state index in [-0.39, 0.29) is 6.54 Å². The van der Waals surface area contributed by atoms with E-state index in [9.17, 15) is 14.7 Å². The Balaban J connectivity index is 2.67. The molecule has 1 aromatic rings. The van der Waals surface area contributed by atoms with Gasteiger partial charge in [0.25, 0.3) is 0 Å². The number of ether oxygens (including phenoxy) is 1. The number of carbonyl (C=O) groups is 2. The minimum absolute atomic E-state index is 0.00664. The van der Waals surface area contributed by atoms with Gasteiger partial charge in [-0.2, -0.15) is 0 Å². The Morgan fingerprint density at radius 3 is 2.25 bits per heavy atom. The van der Waals surface area contributed by atoms with Crippen LogP contribution in [0.4, 0.5) is 4.79 Å². The van der Waals surface area contributed by atoms with Crippen molar-refractivity contribution < 1.29 is 19.4 Å². The van der Waals surface area contributed by atoms with Crippen LogP contribution in [0, 0.1) is 6.92 Å². The maximum atomic E-state index is 11.5. The summed E-state index contributed by atoms with van der Waals surface area (Å²) < 4.78 is 5.08. The van der Waals surface area contributed by atoms with Gasteiger partial charge in [-0.3, -0.25) is 4.79 Å². The lowest BCUT2D eigenvalue weighted by atomic mass is 9.98. The highest BCUT2D eigenvalue weighted by Gasteiger charge is 2.22. The van der Waals surface area contributed by atoms with Gasteiger partial charge in [-0.25, -0.2) is 4.79 Å². The molecule has 0 aliphatic rings. The number of hydrogen-bond donors (Lipinski definition) is 2. The molecule has 0 aliphatic heterocycles. The van der Waals surface area contributed by atoms with Crippen LogP contribution in [-0.2, 0) is 9.53 Å². The number of nitrogens with one attached hydrogen (secondary N) is 1. The quantitative estimate of drug-likeness (QED) is 0.888. The smallest absolute Gasteiger partial charge is 0.407 e. The van der Waals surface area contributed by atoms with Crippen LogP contribution in [0.25, 0.3) is 0 Å². The van der Waals surface area contributed by atoms with Crippen LogP contribution in [0.2, 0.25) is 0 Å². The van der Waals surface area contributed by atoms with E-state index in [0.29, 0.717) is 5.56 Å². The van der Waals surface area contributed by atoms with Crippen LogP contribution >= 0.6 is 0 Å². The predicted octanol–water partition coefficient (Wildman–Crippen LogP) is 2.69. The van der Waals surface area contributed by atoms with E-state index in [1.165, 1.54) is 0 Å². The Bertz CT molecular complexity index is 474. The average Bonchev–Trinajstić information content (AvgIpc) is 2.29. The normalized spacial score (nSPS) is 12.6. The standard InChI is InChI=1S/C15H21NO4/c1-10-5-7-11(8-6-10)12(13(17)18)9-16-14(19)20-15(2,3)4/h5-8,12H,9H2,1-4H3,(H,16,19)(H,17,18). The molecule has 0 saturated heterocycles. The second kappa shape index (κ2) is 6.41. The molecule has 2 N–H and O–H groups in total. The zero-order valence-corrected chi connectivity index (χ0v) is 12.3. The maximum Gasteiger partial charge on any atom is 0.407 e. The van der Waals surface area contributed by atoms with Crippen LogP contribution in [0.15, 0.2) is 24.3 Å². The molecule has 110 valence electrons. The Hall–Kier alpha value is -2.04. The van der Waals surface area contributed by atoms with E-state index in [1.54, 1.807) is 32.9 Å². The third-order valence-corrected chi connectivity index (χ3v) is 2.63. The fourth-order valence-electron chi connectivity index (χ4n) is 1.65. The summed E-state index contributed by atoms with van der Waals surface area (Å²) in [6.45, 7) is 7.18. The molecule has 1 rings (SSSR count). The molecule has 1 atom stereocenters. The molecular formula is C15H21NO4. The number of carboxylic acid groups (broad SMARTS) is 1. The average molecular weight is 279 g/mol. The molecule has 0 spiro atoms. The Labute approximate surface area is 118 Å². The van der Waals surface area contributed by atoms with E-state index in [4.69, 9.17) is 4.74 Å². The van der Waals surface area contributed by atoms with Gasteiger partial charge in [0.1, 0.15) is 5.60 Å². The monoisotopic (exact) mass is 279 g/mol. The number of carboxylic acids is 1. The summed E-state index contributed by atoms with van der Waals surface area (Å²) in [5.74, 6) is -1.77. The minimum Gasteiger partial charge on any atom is -0.481 e. The van der Waals surface area contributed by atoms with Crippen molar-refractivity contribution in [2.75, 3.05) is 6.54 Å². The van der Waals surface area contributed by atoms with Gasteiger partial charge in [0, 0.05) is 6.54 Å². The molecule has 1 unspecified atom stereocenters. The molecule has 1 amide bonds. The van der Waals surface area contributed by atoms with Crippen molar-refractivity contribution >= 4 is 12.1 Å². The fraction of sp³-hybridized carbons (Fsp3) is 0.467. The second-order valence-corrected chi connectivity index (χ2v) is 5.68. The predicted molar refractivity (Wildman–Crippen MR) is 75.8 cm³/mol. The van der Waals surface area contributed by atoms with Gasteiger partial charge in [-0.05, 0) is 33.3 Å². The highest BCUT2D eigenvalue weighted by atomic mass is 16.6. The molecular weight excluding hydrogens is 258 g/mol. The number of amides is 1. The van der Waals surface area contributed by atoms with Gasteiger partial charge >= 0.3 is 12.1 Å². The first kappa shape index (κ1) is 16.0. The van der Waals surface area contributed by atoms with Crippen molar-refractivity contribution in [3.63, 3.8) is 0 Å². The summed E-state index contributed by atoms with van der Waals surface area (Å²) in [4.78, 5) is 22.8. The van der Waals surface area contributed by atoms with Gasteiger partial charge in [-0.1, -0.05) is 29.8 Å². The topological polar surface area (TPSA) is 75.6 Å². The van der Waals surface area contributed by atoms with Crippen LogP contribution in [0.5, 0.6) is 0 Å². The molecule has 5 nitrogen and oxygen atoms in total. The molecule has 5 heteroatoms. The van der Waals surface area contributed by atoms with Gasteiger partial charge in [0.2, 0.25) is 0 Å². The fourth-order valence-corrected chi connectivity index (χ4v) is 1.65. The third kappa shape index (κ3) is 5.30. The highest BCUT2D eigenvalue weighted by molar-refractivity contribution is 5.77. The zero-order chi connectivity index (χ0) is 15.3. The van der Waals surface area contributed by atoms with E-state index in [2.05, 4.69) is 5.32 Å². The first-order valence-corrected chi connectivity index (χ1v) is 6.45. The Morgan fingerprint density at radius 2 is 1.80 bits per heavy atom. The first-order valence-electron chi connectivity index (χ1n) is 6.45. The lowest BCUT2D eigenvalue weighted by Crippen LogP contribution is -2.36. The van der Waals surface area contributed by atoms with E-state index >= 15 is 0 Å². The van der Waals surface area contributed by atoms with Gasteiger partial charge < -0.3 is 15.2 Å². The summed E-state index contributed by atoms with van der Waals surface area (Å²) >= 11 is 0. The van der Waals surface area contributed by atoms with E-state index in [1.807, 2.05) is 19.1 Å². The van der Waals surface area contributed by atoms with Crippen molar-refractivity contribution in [3.8, 4) is 0 Å². The van der Waals surface area contributed by atoms with E-state index in [0.717, 1.165) is 5.56 Å². The molecule has 1 aromatic carbocycles. The van der Waals surface area contributed by atoms with Crippen LogP contribution < -0.4 is 5.32 Å². The Kier molecular flexibility index (Phi) is 5.13. The molecule has 20 heavy (non-hydrogen) atoms. The van der Waals surface area contributed by atoms with Crippen LogP contribution in [-0.4, -0.2) is 29.3 Å². The molecule has 0 radical (unpaired) electrons. The summed E-state index contributed by atoms with van der Waals surface area (Å²) in [5, 5.41) is 11.7. The molecule has 0 saturated carbocycles. The third-order valence-electron chi connectivity index (χ3n) is 2.63. The number of alkyl carbamates (subject to hydrolysis) is 1. The van der Waals surface area contributed by atoms with Crippen molar-refractivity contribution in [2.24, 2.45) is 0 Å². The molecule has 0 bridgehead atoms. The molecule has 0 aliphatic carbocycles. The minimum atomic E-state index is -0.982. The van der Waals surface area contributed by atoms with Crippen LogP contribution in [0.1, 0.15) is 37.8 Å². The SMILES string of the molecule is Cc1ccc(C(CNC(=O)OC(C)(C)C)C(=O)O)cc1. The lowest BCUT2D eigenvalue weighted by Gasteiger charge is -2.21. The highest BCUT2D eigenvalue weighted by Crippen LogP contribution is 2.16. The maximum absolute atomic E-state index is 11.5. The van der Waals surface area contributed by atoms with Crippen molar-refractivity contribution in [1.82, 2.24) is 5.32 Å². The van der Waals surface area contributed by atoms with E-state index < -0.39 is 23.6 Å². The largest absolute Gasteiger partial charge is 0.481 e. The molecule has 0 heterocycles. The number of rotatable bonds is 4. The summed E-state index contributed by atoms with van der Waals surface area (Å²) in [6.07, 6.45) is -0.615. The van der Waals surface area contributed by atoms with Crippen LogP contribution in [0.3, 0.4) is 0 Å². The number of aryl methyl sites for hydroxylation is 1. The summed E-state index contributed by atoms with van der Waals surface area (Å²) in [6, 6.07) is 7.20. The van der Waals surface area contributed by atoms with Gasteiger partial charge in [-0.15, -0.1) is 0 Å². The van der Waals surface area contributed by atoms with Gasteiger partial charge in [0.15, 0.2) is 0 Å². The second-order valence-electron chi connectivity index (χ2n) is 5.68. The number of carbonyl (C=O) groups excluding carboxylic acids is 1. The van der Waals surface area contributed by atoms with Crippen molar-refractivity contribution in [3.05, 3.63) is 35.4 Å². The van der Waals surface area contributed by atoms with Crippen molar-refractivity contribution in [1.29, 1.82) is 0 Å². The molecule has 0 fully saturated rings. The number of benzene rings is 1. The van der Waals surface area contributed by atoms with Gasteiger partial charge in [0.05, 0.1) is 5.92 Å². The zero-order valence-electron chi connectivity index (χ0n) is 12.3. The first-order chi connectivity index (χ1) is 9.19. The lowest BCUT2D eigenvalue weighted by molar-refractivity contribution is -0.138. The number of aliphatic carboxylic acids is 1. The summed E-state index contributed by atoms with van der Waals surface area (Å²) in [5.41, 5.74) is 1.10. The Morgan fingerprint density at radius 1 is 1.25 bits per heavy atom. The molecule has 0 aromatic heterocycles. The number of hydrogen-bond acceptors (Lipinski definition) is 3. The summed E-state index contributed by atoms with van der Waals surface area (Å²) in [7, 11) is 0.